The first-order valence-electron chi connectivity index (χ1n) is 16.4. The van der Waals surface area contributed by atoms with E-state index < -0.39 is 54.1 Å². The molecule has 5 atom stereocenters. The number of carbonyl (C=O) groups excluding carboxylic acids is 4. The average Bonchev–Trinajstić information content (AvgIpc) is 3.59. The highest BCUT2D eigenvalue weighted by molar-refractivity contribution is 5.93. The molecule has 12 heteroatoms. The lowest BCUT2D eigenvalue weighted by atomic mass is 9.89. The highest BCUT2D eigenvalue weighted by atomic mass is 16.6. The molecule has 1 aliphatic rings. The number of benzene rings is 2. The summed E-state index contributed by atoms with van der Waals surface area (Å²) in [5.74, 6) is -2.89. The minimum Gasteiger partial charge on any atom is -0.461 e. The molecule has 3 aromatic rings. The van der Waals surface area contributed by atoms with E-state index in [1.165, 1.54) is 6.33 Å². The molecule has 3 unspecified atom stereocenters. The van der Waals surface area contributed by atoms with Gasteiger partial charge in [-0.1, -0.05) is 62.2 Å². The van der Waals surface area contributed by atoms with Crippen molar-refractivity contribution in [2.75, 3.05) is 19.7 Å². The van der Waals surface area contributed by atoms with E-state index in [0.29, 0.717) is 38.2 Å². The molecule has 1 aromatic heterocycles. The summed E-state index contributed by atoms with van der Waals surface area (Å²) in [6.07, 6.45) is 2.32. The summed E-state index contributed by atoms with van der Waals surface area (Å²) in [6.45, 7) is 6.74. The molecule has 0 bridgehead atoms. The quantitative estimate of drug-likeness (QED) is 0.138. The normalized spacial score (nSPS) is 17.4. The number of aliphatic hydroxyl groups excluding tert-OH is 1. The number of aliphatic hydroxyl groups is 1. The van der Waals surface area contributed by atoms with Crippen LogP contribution < -0.4 is 16.0 Å². The Labute approximate surface area is 275 Å². The maximum absolute atomic E-state index is 14.1. The summed E-state index contributed by atoms with van der Waals surface area (Å²) in [6, 6.07) is 11.7. The monoisotopic (exact) mass is 649 g/mol. The third-order valence-electron chi connectivity index (χ3n) is 8.23. The van der Waals surface area contributed by atoms with Crippen LogP contribution in [0.5, 0.6) is 0 Å². The first kappa shape index (κ1) is 35.7. The lowest BCUT2D eigenvalue weighted by molar-refractivity contribution is -0.159. The van der Waals surface area contributed by atoms with Gasteiger partial charge in [-0.2, -0.15) is 0 Å². The Hall–Kier alpha value is -4.13. The zero-order valence-corrected chi connectivity index (χ0v) is 27.4. The van der Waals surface area contributed by atoms with E-state index in [-0.39, 0.29) is 25.0 Å². The second-order valence-electron chi connectivity index (χ2n) is 12.3. The van der Waals surface area contributed by atoms with Crippen molar-refractivity contribution in [3.63, 3.8) is 0 Å². The Balaban J connectivity index is 1.59. The van der Waals surface area contributed by atoms with Crippen LogP contribution in [0.15, 0.2) is 55.0 Å². The number of nitrogens with one attached hydrogen (secondary N) is 4. The molecule has 0 saturated carbocycles. The lowest BCUT2D eigenvalue weighted by Crippen LogP contribution is -2.56. The number of fused-ring (bicyclic) bond motifs is 1. The number of ketones is 1. The van der Waals surface area contributed by atoms with E-state index in [1.807, 2.05) is 49.4 Å². The fourth-order valence-electron chi connectivity index (χ4n) is 5.74. The van der Waals surface area contributed by atoms with E-state index in [9.17, 15) is 24.3 Å². The van der Waals surface area contributed by atoms with Crippen molar-refractivity contribution >= 4 is 34.3 Å². The number of aromatic amines is 1. The SMILES string of the molecule is CCCC[C@H](NC(=O)[C@H](Cc1cnc[nH]1)NC(=O)C(CC(=O)C1CNCCO1)Cc1cccc2ccccc12)C(O)C(=O)OC(C)C. The van der Waals surface area contributed by atoms with E-state index >= 15 is 0 Å². The minimum absolute atomic E-state index is 0.0647. The van der Waals surface area contributed by atoms with Crippen LogP contribution >= 0.6 is 0 Å². The molecule has 1 saturated heterocycles. The molecule has 47 heavy (non-hydrogen) atoms. The molecule has 1 fully saturated rings. The molecule has 5 N–H and O–H groups in total. The maximum Gasteiger partial charge on any atom is 0.337 e. The smallest absolute Gasteiger partial charge is 0.337 e. The van der Waals surface area contributed by atoms with Gasteiger partial charge in [0.25, 0.3) is 0 Å². The number of hydrogen-bond acceptors (Lipinski definition) is 9. The molecular formula is C35H47N5O7. The molecule has 0 aliphatic carbocycles. The molecule has 2 aromatic carbocycles. The molecule has 254 valence electrons. The lowest BCUT2D eigenvalue weighted by Gasteiger charge is -2.28. The van der Waals surface area contributed by atoms with E-state index in [2.05, 4.69) is 25.9 Å². The number of H-pyrrole nitrogens is 1. The van der Waals surface area contributed by atoms with Crippen LogP contribution in [0.2, 0.25) is 0 Å². The van der Waals surface area contributed by atoms with Gasteiger partial charge in [-0.25, -0.2) is 9.78 Å². The van der Waals surface area contributed by atoms with Gasteiger partial charge in [-0.3, -0.25) is 14.4 Å². The number of esters is 1. The van der Waals surface area contributed by atoms with Crippen molar-refractivity contribution in [2.45, 2.75) is 89.7 Å². The molecule has 12 nitrogen and oxygen atoms in total. The highest BCUT2D eigenvalue weighted by Crippen LogP contribution is 2.24. The number of aromatic nitrogens is 2. The number of unbranched alkanes of at least 4 members (excludes halogenated alkanes) is 1. The Kier molecular flexibility index (Phi) is 13.4. The van der Waals surface area contributed by atoms with Crippen LogP contribution in [-0.4, -0.2) is 88.7 Å². The molecule has 0 spiro atoms. The summed E-state index contributed by atoms with van der Waals surface area (Å²) >= 11 is 0. The number of amides is 2. The number of ether oxygens (including phenoxy) is 2. The van der Waals surface area contributed by atoms with Crippen molar-refractivity contribution in [3.8, 4) is 0 Å². The predicted molar refractivity (Wildman–Crippen MR) is 176 cm³/mol. The van der Waals surface area contributed by atoms with Crippen molar-refractivity contribution in [1.29, 1.82) is 0 Å². The summed E-state index contributed by atoms with van der Waals surface area (Å²) in [5, 5.41) is 21.7. The number of imidazole rings is 1. The van der Waals surface area contributed by atoms with Crippen molar-refractivity contribution in [2.24, 2.45) is 5.92 Å². The maximum atomic E-state index is 14.1. The number of hydrogen-bond donors (Lipinski definition) is 5. The molecule has 0 radical (unpaired) electrons. The minimum atomic E-state index is -1.59. The molecule has 1 aliphatic heterocycles. The van der Waals surface area contributed by atoms with Crippen LogP contribution in [0.4, 0.5) is 0 Å². The fourth-order valence-corrected chi connectivity index (χ4v) is 5.74. The van der Waals surface area contributed by atoms with Gasteiger partial charge in [-0.05, 0) is 43.0 Å². The predicted octanol–water partition coefficient (Wildman–Crippen LogP) is 2.38. The number of Topliss-reactive ketones (excluding diaryl/α,β-unsaturated/α-hetero) is 1. The van der Waals surface area contributed by atoms with Crippen LogP contribution in [0, 0.1) is 5.92 Å². The van der Waals surface area contributed by atoms with Gasteiger partial charge in [0.15, 0.2) is 11.9 Å². The van der Waals surface area contributed by atoms with Crippen LogP contribution in [0.25, 0.3) is 10.8 Å². The van der Waals surface area contributed by atoms with Crippen LogP contribution in [0.1, 0.15) is 57.7 Å². The standard InChI is InChI=1S/C35H47N5O7/c1-4-5-13-28(32(42)35(45)47-22(2)3)39-34(44)29(18-26-19-37-21-38-26)40-33(43)25(17-30(41)31-20-36-14-15-46-31)16-24-11-8-10-23-9-6-7-12-27(23)24/h6-12,19,21-22,25,28-29,31-32,36,42H,4-5,13-18,20H2,1-3H3,(H,37,38)(H,39,44)(H,40,43)/t25?,28-,29-,31?,32?/m0/s1. The van der Waals surface area contributed by atoms with Crippen molar-refractivity contribution < 1.29 is 33.8 Å². The molecule has 4 rings (SSSR count). The molecule has 2 amide bonds. The second kappa shape index (κ2) is 17.7. The van der Waals surface area contributed by atoms with E-state index in [0.717, 1.165) is 22.8 Å². The van der Waals surface area contributed by atoms with Gasteiger partial charge < -0.3 is 35.5 Å². The molecular weight excluding hydrogens is 602 g/mol. The largest absolute Gasteiger partial charge is 0.461 e. The van der Waals surface area contributed by atoms with Crippen molar-refractivity contribution in [3.05, 3.63) is 66.2 Å². The van der Waals surface area contributed by atoms with Crippen molar-refractivity contribution in [1.82, 2.24) is 25.9 Å². The van der Waals surface area contributed by atoms with E-state index in [4.69, 9.17) is 9.47 Å². The van der Waals surface area contributed by atoms with Gasteiger partial charge in [0, 0.05) is 43.7 Å². The summed E-state index contributed by atoms with van der Waals surface area (Å²) in [7, 11) is 0. The number of morpholine rings is 1. The number of carbonyl (C=O) groups is 4. The van der Waals surface area contributed by atoms with Gasteiger partial charge in [0.2, 0.25) is 11.8 Å². The van der Waals surface area contributed by atoms with Gasteiger partial charge >= 0.3 is 5.97 Å². The Morgan fingerprint density at radius 1 is 1.06 bits per heavy atom. The third kappa shape index (κ3) is 10.4. The Morgan fingerprint density at radius 3 is 2.55 bits per heavy atom. The van der Waals surface area contributed by atoms with Crippen LogP contribution in [-0.2, 0) is 41.5 Å². The first-order valence-corrected chi connectivity index (χ1v) is 16.4. The summed E-state index contributed by atoms with van der Waals surface area (Å²) < 4.78 is 10.9. The van der Waals surface area contributed by atoms with Crippen LogP contribution in [0.3, 0.4) is 0 Å². The van der Waals surface area contributed by atoms with Gasteiger partial charge in [0.1, 0.15) is 12.1 Å². The fraction of sp³-hybridized carbons (Fsp3) is 0.514. The second-order valence-corrected chi connectivity index (χ2v) is 12.3. The Bertz CT molecular complexity index is 1470. The average molecular weight is 650 g/mol. The zero-order chi connectivity index (χ0) is 33.8. The number of nitrogens with zero attached hydrogens (tertiary/aromatic N) is 1. The highest BCUT2D eigenvalue weighted by Gasteiger charge is 2.34. The third-order valence-corrected chi connectivity index (χ3v) is 8.23. The van der Waals surface area contributed by atoms with Gasteiger partial charge in [-0.15, -0.1) is 0 Å². The summed E-state index contributed by atoms with van der Waals surface area (Å²) in [5.41, 5.74) is 1.50. The first-order chi connectivity index (χ1) is 22.7. The zero-order valence-electron chi connectivity index (χ0n) is 27.4. The summed E-state index contributed by atoms with van der Waals surface area (Å²) in [4.78, 5) is 60.9. The number of rotatable bonds is 17. The van der Waals surface area contributed by atoms with E-state index in [1.54, 1.807) is 20.0 Å². The van der Waals surface area contributed by atoms with Gasteiger partial charge in [0.05, 0.1) is 25.1 Å². The molecule has 2 heterocycles. The Morgan fingerprint density at radius 2 is 1.85 bits per heavy atom. The topological polar surface area (TPSA) is 172 Å².